The summed E-state index contributed by atoms with van der Waals surface area (Å²) in [6, 6.07) is 0. The van der Waals surface area contributed by atoms with E-state index in [0.29, 0.717) is 18.9 Å². The van der Waals surface area contributed by atoms with Crippen LogP contribution in [0.5, 0.6) is 0 Å². The topological polar surface area (TPSA) is 92.4 Å². The highest BCUT2D eigenvalue weighted by atomic mass is 32.1. The average molecular weight is 359 g/mol. The van der Waals surface area contributed by atoms with E-state index in [-0.39, 0.29) is 18.3 Å². The Hall–Kier alpha value is -2.06. The lowest BCUT2D eigenvalue weighted by Gasteiger charge is -2.18. The fraction of sp³-hybridized carbons (Fsp3) is 0.529. The van der Waals surface area contributed by atoms with Gasteiger partial charge in [-0.25, -0.2) is 9.97 Å². The van der Waals surface area contributed by atoms with Crippen LogP contribution in [0.25, 0.3) is 15.9 Å². The largest absolute Gasteiger partial charge is 0.396 e. The van der Waals surface area contributed by atoms with Crippen molar-refractivity contribution in [2.24, 2.45) is 0 Å². The number of aliphatic hydroxyl groups excluding tert-OH is 1. The lowest BCUT2D eigenvalue weighted by Crippen LogP contribution is -2.26. The summed E-state index contributed by atoms with van der Waals surface area (Å²) in [6.07, 6.45) is 3.98. The van der Waals surface area contributed by atoms with E-state index in [2.05, 4.69) is 22.3 Å². The van der Waals surface area contributed by atoms with Crippen molar-refractivity contribution < 1.29 is 9.90 Å². The number of rotatable bonds is 4. The van der Waals surface area contributed by atoms with Crippen molar-refractivity contribution in [2.45, 2.75) is 45.4 Å². The summed E-state index contributed by atoms with van der Waals surface area (Å²) in [5.41, 5.74) is 2.06. The number of carbonyl (C=O) groups excluding carboxylic acids is 1. The van der Waals surface area contributed by atoms with Crippen LogP contribution in [-0.2, 0) is 6.42 Å². The first kappa shape index (κ1) is 16.4. The minimum Gasteiger partial charge on any atom is -0.396 e. The summed E-state index contributed by atoms with van der Waals surface area (Å²) in [6.45, 7) is 4.58. The van der Waals surface area contributed by atoms with Crippen LogP contribution >= 0.6 is 11.3 Å². The molecule has 3 heterocycles. The minimum atomic E-state index is -0.318. The van der Waals surface area contributed by atoms with Crippen molar-refractivity contribution in [3.63, 3.8) is 0 Å². The number of thiophene rings is 1. The van der Waals surface area contributed by atoms with Crippen molar-refractivity contribution in [2.75, 3.05) is 13.2 Å². The quantitative estimate of drug-likeness (QED) is 0.697. The smallest absolute Gasteiger partial charge is 0.290 e. The van der Waals surface area contributed by atoms with E-state index >= 15 is 0 Å². The van der Waals surface area contributed by atoms with Gasteiger partial charge in [-0.05, 0) is 44.1 Å². The molecule has 0 aromatic carbocycles. The third kappa shape index (κ3) is 2.69. The third-order valence-corrected chi connectivity index (χ3v) is 5.92. The second-order valence-corrected chi connectivity index (χ2v) is 7.66. The van der Waals surface area contributed by atoms with E-state index in [4.69, 9.17) is 10.1 Å². The van der Waals surface area contributed by atoms with Gasteiger partial charge in [0.05, 0.1) is 5.39 Å². The van der Waals surface area contributed by atoms with Crippen LogP contribution in [0, 0.1) is 6.92 Å². The van der Waals surface area contributed by atoms with Gasteiger partial charge in [-0.3, -0.25) is 4.79 Å². The summed E-state index contributed by atoms with van der Waals surface area (Å²) < 4.78 is 1.68. The predicted molar refractivity (Wildman–Crippen MR) is 96.3 cm³/mol. The van der Waals surface area contributed by atoms with Crippen LogP contribution < -0.4 is 5.32 Å². The average Bonchev–Trinajstić information content (AvgIpc) is 3.17. The molecule has 132 valence electrons. The molecule has 0 radical (unpaired) electrons. The number of amides is 1. The molecule has 7 nitrogen and oxygen atoms in total. The molecule has 1 amide bonds. The number of aliphatic hydroxyl groups is 1. The monoisotopic (exact) mass is 359 g/mol. The Bertz CT molecular complexity index is 961. The maximum absolute atomic E-state index is 12.3. The first-order valence-electron chi connectivity index (χ1n) is 8.68. The molecule has 1 atom stereocenters. The second-order valence-electron chi connectivity index (χ2n) is 6.58. The van der Waals surface area contributed by atoms with Gasteiger partial charge >= 0.3 is 0 Å². The van der Waals surface area contributed by atoms with Crippen LogP contribution in [0.2, 0.25) is 0 Å². The summed E-state index contributed by atoms with van der Waals surface area (Å²) in [7, 11) is 0. The Morgan fingerprint density at radius 3 is 3.08 bits per heavy atom. The van der Waals surface area contributed by atoms with Gasteiger partial charge in [0, 0.05) is 18.0 Å². The fourth-order valence-electron chi connectivity index (χ4n) is 3.54. The summed E-state index contributed by atoms with van der Waals surface area (Å²) >= 11 is 1.75. The molecular weight excluding hydrogens is 338 g/mol. The first-order chi connectivity index (χ1) is 12.1. The summed E-state index contributed by atoms with van der Waals surface area (Å²) in [5, 5.41) is 17.0. The molecule has 0 saturated heterocycles. The van der Waals surface area contributed by atoms with E-state index < -0.39 is 0 Å². The molecule has 0 unspecified atom stereocenters. The minimum absolute atomic E-state index is 0.0431. The molecule has 8 heteroatoms. The fourth-order valence-corrected chi connectivity index (χ4v) is 4.92. The summed E-state index contributed by atoms with van der Waals surface area (Å²) in [4.78, 5) is 23.9. The number of nitrogens with one attached hydrogen (secondary N) is 1. The lowest BCUT2D eigenvalue weighted by atomic mass is 9.87. The van der Waals surface area contributed by atoms with Crippen molar-refractivity contribution in [3.05, 3.63) is 22.1 Å². The second kappa shape index (κ2) is 6.34. The number of hydrogen-bond acceptors (Lipinski definition) is 6. The highest BCUT2D eigenvalue weighted by Crippen LogP contribution is 2.42. The number of nitrogens with zero attached hydrogens (tertiary/aromatic N) is 4. The first-order valence-corrected chi connectivity index (χ1v) is 9.49. The molecule has 0 fully saturated rings. The van der Waals surface area contributed by atoms with Gasteiger partial charge in [0.25, 0.3) is 5.91 Å². The number of carbonyl (C=O) groups is 1. The molecule has 0 spiro atoms. The standard InChI is InChI=1S/C17H21N5O2S/c1-9-5-3-6-11-12(9)13-15-20-14(16(24)18-7-4-8-23)21-22(15)10(2)19-17(13)25-11/h9,23H,3-8H2,1-2H3,(H,18,24)/t9-/m0/s1. The van der Waals surface area contributed by atoms with E-state index in [1.54, 1.807) is 15.9 Å². The van der Waals surface area contributed by atoms with Gasteiger partial charge in [-0.1, -0.05) is 6.92 Å². The Balaban J connectivity index is 1.86. The van der Waals surface area contributed by atoms with Gasteiger partial charge in [0.15, 0.2) is 5.65 Å². The highest BCUT2D eigenvalue weighted by molar-refractivity contribution is 7.19. The van der Waals surface area contributed by atoms with Crippen LogP contribution in [0.15, 0.2) is 0 Å². The van der Waals surface area contributed by atoms with E-state index in [1.807, 2.05) is 6.92 Å². The van der Waals surface area contributed by atoms with E-state index in [9.17, 15) is 4.79 Å². The van der Waals surface area contributed by atoms with Gasteiger partial charge in [-0.15, -0.1) is 16.4 Å². The van der Waals surface area contributed by atoms with Crippen molar-refractivity contribution in [1.29, 1.82) is 0 Å². The Kier molecular flexibility index (Phi) is 4.16. The van der Waals surface area contributed by atoms with Gasteiger partial charge < -0.3 is 10.4 Å². The number of fused-ring (bicyclic) bond motifs is 5. The Morgan fingerprint density at radius 1 is 1.44 bits per heavy atom. The van der Waals surface area contributed by atoms with E-state index in [0.717, 1.165) is 28.1 Å². The van der Waals surface area contributed by atoms with Crippen LogP contribution in [0.1, 0.15) is 59.0 Å². The molecule has 2 N–H and O–H groups in total. The zero-order chi connectivity index (χ0) is 17.6. The number of aromatic nitrogens is 4. The van der Waals surface area contributed by atoms with Crippen LogP contribution in [0.4, 0.5) is 0 Å². The SMILES string of the molecule is Cc1nc2sc3c(c2c2nc(C(=O)NCCCO)nn12)[C@@H](C)CCC3. The zero-order valence-electron chi connectivity index (χ0n) is 14.4. The maximum Gasteiger partial charge on any atom is 0.290 e. The molecule has 0 aliphatic heterocycles. The van der Waals surface area contributed by atoms with Gasteiger partial charge in [0.1, 0.15) is 10.7 Å². The molecule has 1 aliphatic rings. The molecule has 25 heavy (non-hydrogen) atoms. The molecule has 4 rings (SSSR count). The number of aryl methyl sites for hydroxylation is 2. The molecular formula is C17H21N5O2S. The van der Waals surface area contributed by atoms with Gasteiger partial charge in [0.2, 0.25) is 5.82 Å². The zero-order valence-corrected chi connectivity index (χ0v) is 15.2. The molecule has 0 saturated carbocycles. The van der Waals surface area contributed by atoms with Crippen molar-refractivity contribution >= 4 is 33.1 Å². The Morgan fingerprint density at radius 2 is 2.28 bits per heavy atom. The van der Waals surface area contributed by atoms with Crippen LogP contribution in [-0.4, -0.2) is 43.7 Å². The van der Waals surface area contributed by atoms with Gasteiger partial charge in [-0.2, -0.15) is 4.52 Å². The highest BCUT2D eigenvalue weighted by Gasteiger charge is 2.26. The molecule has 3 aromatic rings. The Labute approximate surface area is 149 Å². The lowest BCUT2D eigenvalue weighted by molar-refractivity contribution is 0.0941. The van der Waals surface area contributed by atoms with Crippen LogP contribution in [0.3, 0.4) is 0 Å². The van der Waals surface area contributed by atoms with Crippen molar-refractivity contribution in [3.8, 4) is 0 Å². The maximum atomic E-state index is 12.3. The van der Waals surface area contributed by atoms with E-state index in [1.165, 1.54) is 23.3 Å². The number of hydrogen-bond donors (Lipinski definition) is 2. The predicted octanol–water partition coefficient (Wildman–Crippen LogP) is 2.20. The summed E-state index contributed by atoms with van der Waals surface area (Å²) in [5.74, 6) is 1.04. The normalized spacial score (nSPS) is 17.2. The molecule has 1 aliphatic carbocycles. The molecule has 3 aromatic heterocycles. The third-order valence-electron chi connectivity index (χ3n) is 4.76. The van der Waals surface area contributed by atoms with Crippen molar-refractivity contribution in [1.82, 2.24) is 24.9 Å². The molecule has 0 bridgehead atoms.